The molecule has 1 aliphatic heterocycles. The molecule has 86 valence electrons. The van der Waals surface area contributed by atoms with E-state index in [2.05, 4.69) is 21.1 Å². The first-order valence-corrected chi connectivity index (χ1v) is 5.77. The molecule has 0 unspecified atom stereocenters. The third kappa shape index (κ3) is 1.53. The Balaban J connectivity index is 2.20. The Bertz CT molecular complexity index is 601. The highest BCUT2D eigenvalue weighted by molar-refractivity contribution is 5.80. The number of anilines is 1. The van der Waals surface area contributed by atoms with E-state index in [9.17, 15) is 5.26 Å². The molecule has 0 N–H and O–H groups in total. The van der Waals surface area contributed by atoms with Gasteiger partial charge in [-0.1, -0.05) is 0 Å². The van der Waals surface area contributed by atoms with Crippen LogP contribution in [0.2, 0.25) is 0 Å². The van der Waals surface area contributed by atoms with Crippen molar-refractivity contribution in [2.24, 2.45) is 7.05 Å². The van der Waals surface area contributed by atoms with Gasteiger partial charge in [0.1, 0.15) is 11.9 Å². The minimum absolute atomic E-state index is 0.646. The van der Waals surface area contributed by atoms with Gasteiger partial charge in [0.15, 0.2) is 5.65 Å². The van der Waals surface area contributed by atoms with Crippen LogP contribution in [0, 0.1) is 11.3 Å². The van der Waals surface area contributed by atoms with Crippen LogP contribution in [-0.2, 0) is 7.05 Å². The Hall–Kier alpha value is -2.09. The zero-order valence-corrected chi connectivity index (χ0v) is 9.72. The van der Waals surface area contributed by atoms with Crippen LogP contribution in [0.1, 0.15) is 18.4 Å². The Kier molecular flexibility index (Phi) is 2.22. The van der Waals surface area contributed by atoms with Gasteiger partial charge in [0, 0.05) is 25.5 Å². The summed E-state index contributed by atoms with van der Waals surface area (Å²) >= 11 is 0. The van der Waals surface area contributed by atoms with Crippen molar-refractivity contribution >= 4 is 16.9 Å². The first-order chi connectivity index (χ1) is 8.29. The van der Waals surface area contributed by atoms with E-state index < -0.39 is 0 Å². The molecule has 0 atom stereocenters. The highest BCUT2D eigenvalue weighted by atomic mass is 15.3. The molecule has 5 heteroatoms. The van der Waals surface area contributed by atoms with Crippen LogP contribution in [0.25, 0.3) is 11.0 Å². The second-order valence-corrected chi connectivity index (χ2v) is 4.35. The molecule has 0 amide bonds. The number of nitrogens with zero attached hydrogens (tertiary/aromatic N) is 5. The number of nitriles is 1. The molecule has 1 saturated heterocycles. The Morgan fingerprint density at radius 1 is 1.35 bits per heavy atom. The lowest BCUT2D eigenvalue weighted by atomic mass is 10.2. The average molecular weight is 227 g/mol. The zero-order valence-electron chi connectivity index (χ0n) is 9.72. The van der Waals surface area contributed by atoms with Gasteiger partial charge in [0.25, 0.3) is 0 Å². The standard InChI is InChI=1S/C12H13N5/c1-16-11-10(8-14-16)6-9(7-13)12(15-11)17-4-2-3-5-17/h6,8H,2-5H2,1H3. The lowest BCUT2D eigenvalue weighted by Crippen LogP contribution is -2.20. The lowest BCUT2D eigenvalue weighted by Gasteiger charge is -2.17. The maximum atomic E-state index is 9.20. The molecule has 0 aromatic carbocycles. The van der Waals surface area contributed by atoms with Crippen molar-refractivity contribution in [3.8, 4) is 6.07 Å². The molecule has 0 radical (unpaired) electrons. The smallest absolute Gasteiger partial charge is 0.159 e. The molecule has 0 spiro atoms. The fraction of sp³-hybridized carbons (Fsp3) is 0.417. The van der Waals surface area contributed by atoms with E-state index in [-0.39, 0.29) is 0 Å². The maximum absolute atomic E-state index is 9.20. The van der Waals surface area contributed by atoms with E-state index in [1.165, 1.54) is 12.8 Å². The molecular formula is C12H13N5. The van der Waals surface area contributed by atoms with Crippen LogP contribution >= 0.6 is 0 Å². The summed E-state index contributed by atoms with van der Waals surface area (Å²) in [5, 5.41) is 14.3. The van der Waals surface area contributed by atoms with Crippen LogP contribution in [0.15, 0.2) is 12.3 Å². The summed E-state index contributed by atoms with van der Waals surface area (Å²) in [5.41, 5.74) is 1.48. The van der Waals surface area contributed by atoms with Gasteiger partial charge in [-0.05, 0) is 18.9 Å². The molecule has 0 bridgehead atoms. The maximum Gasteiger partial charge on any atom is 0.159 e. The van der Waals surface area contributed by atoms with E-state index in [0.717, 1.165) is 29.9 Å². The van der Waals surface area contributed by atoms with Crippen LogP contribution in [0.3, 0.4) is 0 Å². The van der Waals surface area contributed by atoms with Gasteiger partial charge in [0.2, 0.25) is 0 Å². The summed E-state index contributed by atoms with van der Waals surface area (Å²) in [6.07, 6.45) is 4.10. The van der Waals surface area contributed by atoms with Gasteiger partial charge >= 0.3 is 0 Å². The predicted molar refractivity (Wildman–Crippen MR) is 64.7 cm³/mol. The van der Waals surface area contributed by atoms with Crippen LogP contribution in [-0.4, -0.2) is 27.9 Å². The number of hydrogen-bond acceptors (Lipinski definition) is 4. The van der Waals surface area contributed by atoms with Crippen molar-refractivity contribution in [3.63, 3.8) is 0 Å². The molecular weight excluding hydrogens is 214 g/mol. The van der Waals surface area contributed by atoms with Gasteiger partial charge < -0.3 is 4.90 Å². The quantitative estimate of drug-likeness (QED) is 0.739. The Labute approximate surface area is 99.3 Å². The summed E-state index contributed by atoms with van der Waals surface area (Å²) in [7, 11) is 1.87. The number of fused-ring (bicyclic) bond motifs is 1. The highest BCUT2D eigenvalue weighted by Crippen LogP contribution is 2.25. The summed E-state index contributed by atoms with van der Waals surface area (Å²) in [4.78, 5) is 6.78. The summed E-state index contributed by atoms with van der Waals surface area (Å²) in [6, 6.07) is 4.11. The Morgan fingerprint density at radius 2 is 2.12 bits per heavy atom. The summed E-state index contributed by atoms with van der Waals surface area (Å²) < 4.78 is 1.75. The molecule has 5 nitrogen and oxygen atoms in total. The minimum atomic E-state index is 0.646. The summed E-state index contributed by atoms with van der Waals surface area (Å²) in [6.45, 7) is 1.98. The summed E-state index contributed by atoms with van der Waals surface area (Å²) in [5.74, 6) is 0.807. The Morgan fingerprint density at radius 3 is 2.82 bits per heavy atom. The fourth-order valence-electron chi connectivity index (χ4n) is 2.32. The van der Waals surface area contributed by atoms with E-state index >= 15 is 0 Å². The monoisotopic (exact) mass is 227 g/mol. The van der Waals surface area contributed by atoms with Gasteiger partial charge in [-0.15, -0.1) is 0 Å². The van der Waals surface area contributed by atoms with Crippen molar-refractivity contribution in [2.45, 2.75) is 12.8 Å². The topological polar surface area (TPSA) is 57.7 Å². The second kappa shape index (κ2) is 3.74. The van der Waals surface area contributed by atoms with E-state index in [1.54, 1.807) is 10.9 Å². The molecule has 1 aliphatic rings. The highest BCUT2D eigenvalue weighted by Gasteiger charge is 2.18. The number of pyridine rings is 1. The number of aromatic nitrogens is 3. The van der Waals surface area contributed by atoms with Crippen LogP contribution in [0.4, 0.5) is 5.82 Å². The zero-order chi connectivity index (χ0) is 11.8. The molecule has 3 heterocycles. The number of aryl methyl sites for hydroxylation is 1. The van der Waals surface area contributed by atoms with Gasteiger partial charge in [-0.2, -0.15) is 10.4 Å². The van der Waals surface area contributed by atoms with E-state index in [1.807, 2.05) is 13.1 Å². The first-order valence-electron chi connectivity index (χ1n) is 5.77. The molecule has 17 heavy (non-hydrogen) atoms. The third-order valence-corrected chi connectivity index (χ3v) is 3.21. The third-order valence-electron chi connectivity index (χ3n) is 3.21. The van der Waals surface area contributed by atoms with Crippen LogP contribution in [0.5, 0.6) is 0 Å². The molecule has 0 aliphatic carbocycles. The number of rotatable bonds is 1. The van der Waals surface area contributed by atoms with E-state index in [0.29, 0.717) is 5.56 Å². The van der Waals surface area contributed by atoms with Crippen molar-refractivity contribution in [3.05, 3.63) is 17.8 Å². The molecule has 0 saturated carbocycles. The molecule has 2 aromatic rings. The SMILES string of the molecule is Cn1ncc2cc(C#N)c(N3CCCC3)nc21. The normalized spacial score (nSPS) is 15.4. The van der Waals surface area contributed by atoms with Gasteiger partial charge in [-0.3, -0.25) is 4.68 Å². The fourth-order valence-corrected chi connectivity index (χ4v) is 2.32. The van der Waals surface area contributed by atoms with Crippen molar-refractivity contribution in [2.75, 3.05) is 18.0 Å². The minimum Gasteiger partial charge on any atom is -0.355 e. The van der Waals surface area contributed by atoms with Crippen molar-refractivity contribution in [1.29, 1.82) is 5.26 Å². The first kappa shape index (κ1) is 10.1. The van der Waals surface area contributed by atoms with Crippen molar-refractivity contribution in [1.82, 2.24) is 14.8 Å². The predicted octanol–water partition coefficient (Wildman–Crippen LogP) is 1.44. The van der Waals surface area contributed by atoms with Gasteiger partial charge in [-0.25, -0.2) is 4.98 Å². The molecule has 3 rings (SSSR count). The largest absolute Gasteiger partial charge is 0.355 e. The molecule has 1 fully saturated rings. The molecule has 2 aromatic heterocycles. The number of hydrogen-bond donors (Lipinski definition) is 0. The second-order valence-electron chi connectivity index (χ2n) is 4.35. The average Bonchev–Trinajstić information content (AvgIpc) is 2.98. The van der Waals surface area contributed by atoms with Gasteiger partial charge in [0.05, 0.1) is 11.8 Å². The van der Waals surface area contributed by atoms with E-state index in [4.69, 9.17) is 0 Å². The van der Waals surface area contributed by atoms with Crippen LogP contribution < -0.4 is 4.90 Å². The van der Waals surface area contributed by atoms with Crippen molar-refractivity contribution < 1.29 is 0 Å². The lowest BCUT2D eigenvalue weighted by molar-refractivity contribution is 0.784.